The van der Waals surface area contributed by atoms with E-state index < -0.39 is 35.1 Å². The largest absolute Gasteiger partial charge is 0.460 e. The highest BCUT2D eigenvalue weighted by Gasteiger charge is 2.34. The predicted molar refractivity (Wildman–Crippen MR) is 93.4 cm³/mol. The third-order valence-electron chi connectivity index (χ3n) is 3.11. The number of hydrogen-bond acceptors (Lipinski definition) is 6. The summed E-state index contributed by atoms with van der Waals surface area (Å²) in [6.45, 7) is 4.58. The van der Waals surface area contributed by atoms with Crippen LogP contribution < -0.4 is 0 Å². The number of nitrogens with zero attached hydrogens (tertiary/aromatic N) is 1. The van der Waals surface area contributed by atoms with Crippen molar-refractivity contribution in [2.45, 2.75) is 51.5 Å². The van der Waals surface area contributed by atoms with E-state index in [1.807, 2.05) is 0 Å². The molecule has 1 aromatic rings. The van der Waals surface area contributed by atoms with E-state index in [2.05, 4.69) is 0 Å². The number of ether oxygens (including phenoxy) is 2. The molecule has 0 aromatic heterocycles. The summed E-state index contributed by atoms with van der Waals surface area (Å²) >= 11 is 12.0. The summed E-state index contributed by atoms with van der Waals surface area (Å²) in [6, 6.07) is 3.40. The molecule has 0 spiro atoms. The number of halogens is 2. The van der Waals surface area contributed by atoms with E-state index in [1.54, 1.807) is 39.0 Å². The molecule has 0 aliphatic rings. The first-order chi connectivity index (χ1) is 11.5. The van der Waals surface area contributed by atoms with Crippen LogP contribution in [0.2, 0.25) is 10.0 Å². The van der Waals surface area contributed by atoms with Crippen LogP contribution in [0.1, 0.15) is 32.8 Å². The molecule has 25 heavy (non-hydrogen) atoms. The highest BCUT2D eigenvalue weighted by atomic mass is 35.5. The summed E-state index contributed by atoms with van der Waals surface area (Å²) in [5, 5.41) is 21.9. The predicted octanol–water partition coefficient (Wildman–Crippen LogP) is 3.25. The molecular formula is C16H21Cl2NO6. The van der Waals surface area contributed by atoms with Crippen molar-refractivity contribution in [3.05, 3.63) is 43.9 Å². The van der Waals surface area contributed by atoms with Gasteiger partial charge < -0.3 is 14.6 Å². The number of carbonyl (C=O) groups is 1. The number of rotatable bonds is 8. The topological polar surface area (TPSA) is 98.9 Å². The van der Waals surface area contributed by atoms with Crippen LogP contribution in [-0.4, -0.2) is 40.4 Å². The molecule has 0 bridgehead atoms. The van der Waals surface area contributed by atoms with Crippen LogP contribution in [0.4, 0.5) is 0 Å². The first-order valence-corrected chi connectivity index (χ1v) is 8.31. The van der Waals surface area contributed by atoms with Crippen molar-refractivity contribution in [3.8, 4) is 0 Å². The monoisotopic (exact) mass is 393 g/mol. The number of aliphatic hydroxyl groups is 1. The van der Waals surface area contributed by atoms with E-state index in [4.69, 9.17) is 32.7 Å². The minimum absolute atomic E-state index is 0.0214. The highest BCUT2D eigenvalue weighted by Crippen LogP contribution is 2.25. The molecule has 2 unspecified atom stereocenters. The van der Waals surface area contributed by atoms with Crippen LogP contribution in [0.15, 0.2) is 18.2 Å². The van der Waals surface area contributed by atoms with E-state index in [9.17, 15) is 20.0 Å². The van der Waals surface area contributed by atoms with E-state index >= 15 is 0 Å². The Morgan fingerprint density at radius 2 is 1.88 bits per heavy atom. The van der Waals surface area contributed by atoms with Crippen molar-refractivity contribution in [2.75, 3.05) is 6.61 Å². The summed E-state index contributed by atoms with van der Waals surface area (Å²) in [5.74, 6) is -0.762. The lowest BCUT2D eigenvalue weighted by Gasteiger charge is -2.21. The average Bonchev–Trinajstić information content (AvgIpc) is 2.45. The fraction of sp³-hybridized carbons (Fsp3) is 0.562. The normalized spacial score (nSPS) is 14.0. The van der Waals surface area contributed by atoms with Crippen molar-refractivity contribution in [3.63, 3.8) is 0 Å². The Kier molecular flexibility index (Phi) is 8.08. The molecule has 9 heteroatoms. The number of esters is 1. The van der Waals surface area contributed by atoms with E-state index in [0.717, 1.165) is 0 Å². The summed E-state index contributed by atoms with van der Waals surface area (Å²) in [6.07, 6.45) is -2.04. The van der Waals surface area contributed by atoms with E-state index in [-0.39, 0.29) is 13.2 Å². The number of hydrogen-bond donors (Lipinski definition) is 1. The maximum absolute atomic E-state index is 11.7. The second-order valence-corrected chi connectivity index (χ2v) is 7.24. The van der Waals surface area contributed by atoms with Gasteiger partial charge in [-0.2, -0.15) is 0 Å². The Labute approximate surface area is 156 Å². The standard InChI is InChI=1S/C16H21Cl2NO6/c1-16(2,3)25-15(21)7-13(19(22)23)14(20)9-24-8-10-11(17)5-4-6-12(10)18/h4-6,13-14,20H,7-9H2,1-3H3. The van der Waals surface area contributed by atoms with Gasteiger partial charge in [-0.05, 0) is 32.9 Å². The SMILES string of the molecule is CC(C)(C)OC(=O)CC(C(O)COCc1c(Cl)cccc1Cl)[N+](=O)[O-]. The molecule has 0 radical (unpaired) electrons. The second-order valence-electron chi connectivity index (χ2n) is 6.43. The van der Waals surface area contributed by atoms with Gasteiger partial charge in [0, 0.05) is 20.5 Å². The number of carbonyl (C=O) groups excluding carboxylic acids is 1. The van der Waals surface area contributed by atoms with Crippen molar-refractivity contribution in [2.24, 2.45) is 0 Å². The van der Waals surface area contributed by atoms with Gasteiger partial charge in [-0.3, -0.25) is 14.9 Å². The van der Waals surface area contributed by atoms with Crippen molar-refractivity contribution in [1.82, 2.24) is 0 Å². The Morgan fingerprint density at radius 3 is 2.36 bits per heavy atom. The first kappa shape index (κ1) is 21.6. The Balaban J connectivity index is 2.61. The van der Waals surface area contributed by atoms with Gasteiger partial charge in [0.1, 0.15) is 18.1 Å². The average molecular weight is 394 g/mol. The summed E-state index contributed by atoms with van der Waals surface area (Å²) in [5.41, 5.74) is -0.247. The molecule has 0 aliphatic heterocycles. The van der Waals surface area contributed by atoms with Gasteiger partial charge in [0.25, 0.3) is 6.04 Å². The maximum Gasteiger partial charge on any atom is 0.313 e. The quantitative estimate of drug-likeness (QED) is 0.413. The highest BCUT2D eigenvalue weighted by molar-refractivity contribution is 6.35. The number of benzene rings is 1. The van der Waals surface area contributed by atoms with Gasteiger partial charge in [-0.25, -0.2) is 0 Å². The number of aliphatic hydroxyl groups excluding tert-OH is 1. The molecule has 0 heterocycles. The first-order valence-electron chi connectivity index (χ1n) is 7.55. The van der Waals surface area contributed by atoms with Crippen LogP contribution in [0.5, 0.6) is 0 Å². The zero-order chi connectivity index (χ0) is 19.2. The maximum atomic E-state index is 11.7. The lowest BCUT2D eigenvalue weighted by molar-refractivity contribution is -0.534. The minimum Gasteiger partial charge on any atom is -0.460 e. The molecule has 0 saturated carbocycles. The molecular weight excluding hydrogens is 373 g/mol. The Hall–Kier alpha value is -1.41. The fourth-order valence-corrected chi connectivity index (χ4v) is 2.47. The van der Waals surface area contributed by atoms with Gasteiger partial charge in [0.2, 0.25) is 0 Å². The zero-order valence-corrected chi connectivity index (χ0v) is 15.7. The Bertz CT molecular complexity index is 597. The minimum atomic E-state index is -1.53. The van der Waals surface area contributed by atoms with Gasteiger partial charge in [0.05, 0.1) is 13.2 Å². The molecule has 0 aliphatic carbocycles. The van der Waals surface area contributed by atoms with Crippen molar-refractivity contribution in [1.29, 1.82) is 0 Å². The number of nitro groups is 1. The smallest absolute Gasteiger partial charge is 0.313 e. The molecule has 1 rings (SSSR count). The van der Waals surface area contributed by atoms with Crippen LogP contribution in [0.25, 0.3) is 0 Å². The van der Waals surface area contributed by atoms with Crippen molar-refractivity contribution >= 4 is 29.2 Å². The van der Waals surface area contributed by atoms with E-state index in [0.29, 0.717) is 15.6 Å². The molecule has 0 amide bonds. The molecule has 7 nitrogen and oxygen atoms in total. The second kappa shape index (κ2) is 9.33. The lowest BCUT2D eigenvalue weighted by Crippen LogP contribution is -2.40. The third-order valence-corrected chi connectivity index (χ3v) is 3.82. The molecule has 0 fully saturated rings. The molecule has 140 valence electrons. The van der Waals surface area contributed by atoms with Gasteiger partial charge >= 0.3 is 5.97 Å². The lowest BCUT2D eigenvalue weighted by atomic mass is 10.1. The summed E-state index contributed by atoms with van der Waals surface area (Å²) in [4.78, 5) is 22.2. The van der Waals surface area contributed by atoms with Crippen LogP contribution in [-0.2, 0) is 20.9 Å². The summed E-state index contributed by atoms with van der Waals surface area (Å²) < 4.78 is 10.3. The van der Waals surface area contributed by atoms with Gasteiger partial charge in [-0.15, -0.1) is 0 Å². The van der Waals surface area contributed by atoms with Crippen LogP contribution in [0, 0.1) is 10.1 Å². The Morgan fingerprint density at radius 1 is 1.32 bits per heavy atom. The van der Waals surface area contributed by atoms with Crippen LogP contribution >= 0.6 is 23.2 Å². The van der Waals surface area contributed by atoms with Crippen LogP contribution in [0.3, 0.4) is 0 Å². The molecule has 0 saturated heterocycles. The zero-order valence-electron chi connectivity index (χ0n) is 14.2. The molecule has 2 atom stereocenters. The summed E-state index contributed by atoms with van der Waals surface area (Å²) in [7, 11) is 0. The molecule has 1 N–H and O–H groups in total. The van der Waals surface area contributed by atoms with Crippen molar-refractivity contribution < 1.29 is 24.3 Å². The van der Waals surface area contributed by atoms with Gasteiger partial charge in [-0.1, -0.05) is 29.3 Å². The fourth-order valence-electron chi connectivity index (χ4n) is 1.97. The molecule has 1 aromatic carbocycles. The van der Waals surface area contributed by atoms with Gasteiger partial charge in [0.15, 0.2) is 0 Å². The van der Waals surface area contributed by atoms with E-state index in [1.165, 1.54) is 0 Å². The third kappa shape index (κ3) is 7.56.